The average molecular weight is 471 g/mol. The van der Waals surface area contributed by atoms with Crippen molar-refractivity contribution in [1.82, 2.24) is 19.4 Å². The van der Waals surface area contributed by atoms with Gasteiger partial charge in [-0.1, -0.05) is 28.1 Å². The minimum absolute atomic E-state index is 0.0435. The van der Waals surface area contributed by atoms with Crippen molar-refractivity contribution >= 4 is 54.3 Å². The topological polar surface area (TPSA) is 68.1 Å². The molecule has 2 aromatic carbocycles. The third kappa shape index (κ3) is 3.95. The van der Waals surface area contributed by atoms with Crippen LogP contribution < -0.4 is 5.56 Å². The van der Waals surface area contributed by atoms with E-state index in [-0.39, 0.29) is 30.5 Å². The van der Waals surface area contributed by atoms with Crippen LogP contribution in [0.2, 0.25) is 0 Å². The lowest BCUT2D eigenvalue weighted by molar-refractivity contribution is -0.132. The lowest BCUT2D eigenvalue weighted by Gasteiger charge is -2.23. The van der Waals surface area contributed by atoms with Gasteiger partial charge in [0.05, 0.1) is 33.5 Å². The third-order valence-electron chi connectivity index (χ3n) is 4.99. The molecule has 0 aliphatic carbocycles. The monoisotopic (exact) mass is 470 g/mol. The van der Waals surface area contributed by atoms with Gasteiger partial charge in [-0.2, -0.15) is 0 Å². The molecule has 0 radical (unpaired) electrons. The Morgan fingerprint density at radius 3 is 2.83 bits per heavy atom. The predicted octanol–water partition coefficient (Wildman–Crippen LogP) is 4.38. The first-order valence-corrected chi connectivity index (χ1v) is 10.8. The van der Waals surface area contributed by atoms with Gasteiger partial charge in [0.1, 0.15) is 5.01 Å². The van der Waals surface area contributed by atoms with Gasteiger partial charge in [-0.25, -0.2) is 9.97 Å². The number of halogens is 1. The number of amides is 1. The molecule has 0 fully saturated rings. The molecule has 0 saturated carbocycles. The highest BCUT2D eigenvalue weighted by molar-refractivity contribution is 9.10. The summed E-state index contributed by atoms with van der Waals surface area (Å²) in [7, 11) is 1.78. The smallest absolute Gasteiger partial charge is 0.261 e. The molecule has 6 nitrogen and oxygen atoms in total. The van der Waals surface area contributed by atoms with Gasteiger partial charge in [-0.3, -0.25) is 14.2 Å². The van der Waals surface area contributed by atoms with E-state index in [0.29, 0.717) is 10.9 Å². The largest absolute Gasteiger partial charge is 0.337 e. The minimum Gasteiger partial charge on any atom is -0.337 e. The Hall–Kier alpha value is -2.58. The van der Waals surface area contributed by atoms with E-state index in [2.05, 4.69) is 25.9 Å². The number of fused-ring (bicyclic) bond motifs is 2. The molecule has 2 heterocycles. The molecule has 0 saturated heterocycles. The van der Waals surface area contributed by atoms with Gasteiger partial charge in [0.15, 0.2) is 0 Å². The normalized spacial score (nSPS) is 12.4. The summed E-state index contributed by atoms with van der Waals surface area (Å²) in [5.41, 5.74) is 1.44. The van der Waals surface area contributed by atoms with Gasteiger partial charge < -0.3 is 4.90 Å². The van der Waals surface area contributed by atoms with E-state index in [1.165, 1.54) is 10.9 Å². The van der Waals surface area contributed by atoms with Crippen LogP contribution in [0.25, 0.3) is 21.1 Å². The van der Waals surface area contributed by atoms with E-state index in [4.69, 9.17) is 0 Å². The molecule has 2 aromatic heterocycles. The first-order chi connectivity index (χ1) is 13.9. The highest BCUT2D eigenvalue weighted by atomic mass is 79.9. The summed E-state index contributed by atoms with van der Waals surface area (Å²) >= 11 is 4.98. The predicted molar refractivity (Wildman–Crippen MR) is 119 cm³/mol. The van der Waals surface area contributed by atoms with Crippen molar-refractivity contribution in [3.63, 3.8) is 0 Å². The van der Waals surface area contributed by atoms with Crippen LogP contribution >= 0.6 is 27.3 Å². The first kappa shape index (κ1) is 19.7. The number of thiazole rings is 1. The van der Waals surface area contributed by atoms with Gasteiger partial charge >= 0.3 is 0 Å². The third-order valence-corrected chi connectivity index (χ3v) is 6.69. The summed E-state index contributed by atoms with van der Waals surface area (Å²) in [5.74, 6) is -0.0435. The van der Waals surface area contributed by atoms with Crippen LogP contribution in [0, 0.1) is 0 Å². The second-order valence-electron chi connectivity index (χ2n) is 6.86. The summed E-state index contributed by atoms with van der Waals surface area (Å²) in [6, 6.07) is 13.2. The summed E-state index contributed by atoms with van der Waals surface area (Å²) in [6.07, 6.45) is 1.72. The van der Waals surface area contributed by atoms with Gasteiger partial charge in [-0.05, 0) is 37.3 Å². The van der Waals surface area contributed by atoms with Gasteiger partial charge in [0.25, 0.3) is 5.56 Å². The molecule has 0 aliphatic heterocycles. The highest BCUT2D eigenvalue weighted by Gasteiger charge is 2.20. The van der Waals surface area contributed by atoms with Gasteiger partial charge in [0, 0.05) is 24.5 Å². The number of benzene rings is 2. The standard InChI is InChI=1S/C21H19BrN4O2S/c1-13(20-24-17-5-3-4-6-18(17)29-20)25(2)19(27)9-10-26-12-23-16-8-7-14(22)11-15(16)21(26)28/h3-8,11-13H,9-10H2,1-2H3. The van der Waals surface area contributed by atoms with Crippen molar-refractivity contribution in [2.24, 2.45) is 0 Å². The number of aromatic nitrogens is 3. The quantitative estimate of drug-likeness (QED) is 0.433. The summed E-state index contributed by atoms with van der Waals surface area (Å²) in [4.78, 5) is 36.1. The molecule has 0 N–H and O–H groups in total. The van der Waals surface area contributed by atoms with Crippen molar-refractivity contribution in [3.05, 3.63) is 68.6 Å². The maximum Gasteiger partial charge on any atom is 0.261 e. The summed E-state index contributed by atoms with van der Waals surface area (Å²) in [5, 5.41) is 1.43. The fourth-order valence-corrected chi connectivity index (χ4v) is 4.56. The average Bonchev–Trinajstić information content (AvgIpc) is 3.16. The molecule has 8 heteroatoms. The number of carbonyl (C=O) groups is 1. The number of para-hydroxylation sites is 1. The number of hydrogen-bond donors (Lipinski definition) is 0. The molecule has 4 aromatic rings. The van der Waals surface area contributed by atoms with Crippen LogP contribution in [0.1, 0.15) is 24.4 Å². The van der Waals surface area contributed by atoms with E-state index >= 15 is 0 Å². The van der Waals surface area contributed by atoms with E-state index in [0.717, 1.165) is 19.7 Å². The molecule has 0 spiro atoms. The van der Waals surface area contributed by atoms with Crippen LogP contribution in [0.15, 0.2) is 58.1 Å². The zero-order valence-corrected chi connectivity index (χ0v) is 18.4. The van der Waals surface area contributed by atoms with Crippen molar-refractivity contribution in [2.75, 3.05) is 7.05 Å². The second-order valence-corrected chi connectivity index (χ2v) is 8.83. The number of carbonyl (C=O) groups excluding carboxylic acids is 1. The Kier molecular flexibility index (Phi) is 5.47. The van der Waals surface area contributed by atoms with E-state index in [1.807, 2.05) is 37.3 Å². The molecule has 29 heavy (non-hydrogen) atoms. The van der Waals surface area contributed by atoms with Crippen molar-refractivity contribution in [2.45, 2.75) is 25.9 Å². The van der Waals surface area contributed by atoms with Crippen molar-refractivity contribution in [3.8, 4) is 0 Å². The summed E-state index contributed by atoms with van der Waals surface area (Å²) in [6.45, 7) is 2.25. The second kappa shape index (κ2) is 8.04. The van der Waals surface area contributed by atoms with Gasteiger partial charge in [-0.15, -0.1) is 11.3 Å². The van der Waals surface area contributed by atoms with Crippen molar-refractivity contribution in [1.29, 1.82) is 0 Å². The molecule has 0 aliphatic rings. The first-order valence-electron chi connectivity index (χ1n) is 9.20. The summed E-state index contributed by atoms with van der Waals surface area (Å²) < 4.78 is 3.42. The number of aryl methyl sites for hydroxylation is 1. The Labute approximate surface area is 180 Å². The number of rotatable bonds is 5. The zero-order chi connectivity index (χ0) is 20.5. The molecule has 1 unspecified atom stereocenters. The molecular formula is C21H19BrN4O2S. The Balaban J connectivity index is 1.48. The van der Waals surface area contributed by atoms with Crippen LogP contribution in [-0.2, 0) is 11.3 Å². The minimum atomic E-state index is -0.147. The Morgan fingerprint density at radius 1 is 1.24 bits per heavy atom. The van der Waals surface area contributed by atoms with Crippen molar-refractivity contribution < 1.29 is 4.79 Å². The SMILES string of the molecule is CC(c1nc2ccccc2s1)N(C)C(=O)CCn1cnc2ccc(Br)cc2c1=O. The Morgan fingerprint density at radius 2 is 2.03 bits per heavy atom. The Bertz CT molecular complexity index is 1230. The number of nitrogens with zero attached hydrogens (tertiary/aromatic N) is 4. The van der Waals surface area contributed by atoms with E-state index in [1.54, 1.807) is 35.4 Å². The molecule has 148 valence electrons. The lowest BCUT2D eigenvalue weighted by atomic mass is 10.2. The fraction of sp³-hybridized carbons (Fsp3) is 0.238. The number of hydrogen-bond acceptors (Lipinski definition) is 5. The van der Waals surface area contributed by atoms with Crippen LogP contribution in [0.3, 0.4) is 0 Å². The zero-order valence-electron chi connectivity index (χ0n) is 16.0. The molecule has 0 bridgehead atoms. The molecule has 1 amide bonds. The van der Waals surface area contributed by atoms with E-state index < -0.39 is 0 Å². The fourth-order valence-electron chi connectivity index (χ4n) is 3.13. The molecular weight excluding hydrogens is 452 g/mol. The highest BCUT2D eigenvalue weighted by Crippen LogP contribution is 2.29. The maximum atomic E-state index is 12.7. The van der Waals surface area contributed by atoms with Crippen LogP contribution in [0.4, 0.5) is 0 Å². The van der Waals surface area contributed by atoms with E-state index in [9.17, 15) is 9.59 Å². The molecule has 4 rings (SSSR count). The lowest BCUT2D eigenvalue weighted by Crippen LogP contribution is -2.31. The maximum absolute atomic E-state index is 12.7. The van der Waals surface area contributed by atoms with Crippen LogP contribution in [-0.4, -0.2) is 32.4 Å². The van der Waals surface area contributed by atoms with Gasteiger partial charge in [0.2, 0.25) is 5.91 Å². The van der Waals surface area contributed by atoms with Crippen LogP contribution in [0.5, 0.6) is 0 Å². The molecule has 1 atom stereocenters.